The summed E-state index contributed by atoms with van der Waals surface area (Å²) in [5.74, 6) is -0.0927. The average Bonchev–Trinajstić information content (AvgIpc) is 2.85. The van der Waals surface area contributed by atoms with Crippen LogP contribution >= 0.6 is 0 Å². The van der Waals surface area contributed by atoms with E-state index in [4.69, 9.17) is 18.0 Å². The molecular weight excluding hydrogens is 436 g/mol. The standard InChI is InChI=1S/C26H32O6Si/c1-29-33(30-2,31-3)15-14-18-12-13-23(27)24(16-18)32-26(28)25-21-10-6-4-8-19(21)17-20-9-5-7-11-22(20)25/h4-11,17-18,23-24,27H,12-16H2,1-3H3. The Morgan fingerprint density at radius 3 is 2.09 bits per heavy atom. The third-order valence-electron chi connectivity index (χ3n) is 6.89. The molecule has 1 aliphatic rings. The predicted molar refractivity (Wildman–Crippen MR) is 130 cm³/mol. The molecule has 0 bridgehead atoms. The number of ether oxygens (including phenoxy) is 1. The Morgan fingerprint density at radius 1 is 0.939 bits per heavy atom. The van der Waals surface area contributed by atoms with Crippen LogP contribution in [0.1, 0.15) is 36.0 Å². The molecule has 0 amide bonds. The van der Waals surface area contributed by atoms with Crippen molar-refractivity contribution < 1.29 is 27.9 Å². The quantitative estimate of drug-likeness (QED) is 0.287. The highest BCUT2D eigenvalue weighted by molar-refractivity contribution is 6.60. The molecule has 0 aliphatic heterocycles. The topological polar surface area (TPSA) is 74.2 Å². The number of fused-ring (bicyclic) bond motifs is 2. The van der Waals surface area contributed by atoms with Crippen LogP contribution in [-0.4, -0.2) is 53.4 Å². The van der Waals surface area contributed by atoms with E-state index in [9.17, 15) is 9.90 Å². The second-order valence-electron chi connectivity index (χ2n) is 8.72. The zero-order valence-corrected chi connectivity index (χ0v) is 20.5. The van der Waals surface area contributed by atoms with Crippen molar-refractivity contribution in [3.05, 3.63) is 60.2 Å². The smallest absolute Gasteiger partial charge is 0.456 e. The van der Waals surface area contributed by atoms with Gasteiger partial charge in [-0.2, -0.15) is 0 Å². The van der Waals surface area contributed by atoms with Gasteiger partial charge in [0.1, 0.15) is 6.10 Å². The molecule has 0 spiro atoms. The SMILES string of the molecule is CO[Si](CCC1CCC(O)C(OC(=O)c2c3ccccc3cc3ccccc23)C1)(OC)OC. The number of hydrogen-bond donors (Lipinski definition) is 1. The molecule has 1 N–H and O–H groups in total. The normalized spacial score (nSPS) is 21.4. The molecule has 3 unspecified atom stereocenters. The Labute approximate surface area is 195 Å². The Morgan fingerprint density at radius 2 is 1.52 bits per heavy atom. The maximum absolute atomic E-state index is 13.5. The van der Waals surface area contributed by atoms with E-state index in [1.54, 1.807) is 21.3 Å². The van der Waals surface area contributed by atoms with E-state index >= 15 is 0 Å². The Bertz CT molecular complexity index is 1050. The lowest BCUT2D eigenvalue weighted by Crippen LogP contribution is -2.44. The summed E-state index contributed by atoms with van der Waals surface area (Å²) in [7, 11) is 2.19. The van der Waals surface area contributed by atoms with E-state index < -0.39 is 21.0 Å². The zero-order chi connectivity index (χ0) is 23.4. The zero-order valence-electron chi connectivity index (χ0n) is 19.5. The number of carbonyl (C=O) groups excluding carboxylic acids is 1. The fourth-order valence-corrected chi connectivity index (χ4v) is 6.83. The fourth-order valence-electron chi connectivity index (χ4n) is 4.95. The van der Waals surface area contributed by atoms with Gasteiger partial charge in [0.25, 0.3) is 0 Å². The molecule has 1 aliphatic carbocycles. The van der Waals surface area contributed by atoms with Crippen LogP contribution in [0, 0.1) is 5.92 Å². The molecule has 1 saturated carbocycles. The highest BCUT2D eigenvalue weighted by atomic mass is 28.4. The number of hydrogen-bond acceptors (Lipinski definition) is 6. The van der Waals surface area contributed by atoms with Crippen molar-refractivity contribution in [2.24, 2.45) is 5.92 Å². The van der Waals surface area contributed by atoms with Gasteiger partial charge in [0, 0.05) is 27.4 Å². The highest BCUT2D eigenvalue weighted by Crippen LogP contribution is 2.34. The molecule has 0 saturated heterocycles. The van der Waals surface area contributed by atoms with Crippen molar-refractivity contribution in [3.8, 4) is 0 Å². The summed E-state index contributed by atoms with van der Waals surface area (Å²) in [6, 6.07) is 18.5. The first-order valence-electron chi connectivity index (χ1n) is 11.4. The Hall–Kier alpha value is -2.29. The monoisotopic (exact) mass is 468 g/mol. The molecule has 7 heteroatoms. The molecule has 3 atom stereocenters. The van der Waals surface area contributed by atoms with E-state index in [1.165, 1.54) is 0 Å². The number of aliphatic hydroxyl groups excluding tert-OH is 1. The van der Waals surface area contributed by atoms with Crippen molar-refractivity contribution in [2.75, 3.05) is 21.3 Å². The minimum absolute atomic E-state index is 0.294. The van der Waals surface area contributed by atoms with Crippen molar-refractivity contribution in [1.29, 1.82) is 0 Å². The molecule has 33 heavy (non-hydrogen) atoms. The predicted octanol–water partition coefficient (Wildman–Crippen LogP) is 4.95. The van der Waals surface area contributed by atoms with E-state index in [2.05, 4.69) is 6.07 Å². The van der Waals surface area contributed by atoms with E-state index in [0.29, 0.717) is 30.4 Å². The summed E-state index contributed by atoms with van der Waals surface area (Å²) < 4.78 is 22.6. The summed E-state index contributed by atoms with van der Waals surface area (Å²) in [6.45, 7) is 0. The number of benzene rings is 3. The van der Waals surface area contributed by atoms with E-state index in [-0.39, 0.29) is 5.97 Å². The van der Waals surface area contributed by atoms with Gasteiger partial charge in [0.15, 0.2) is 0 Å². The molecule has 6 nitrogen and oxygen atoms in total. The van der Waals surface area contributed by atoms with E-state index in [1.807, 2.05) is 48.5 Å². The third kappa shape index (κ3) is 4.97. The number of rotatable bonds is 8. The first-order valence-corrected chi connectivity index (χ1v) is 13.4. The maximum Gasteiger partial charge on any atom is 0.500 e. The van der Waals surface area contributed by atoms with Crippen molar-refractivity contribution in [2.45, 2.75) is 43.9 Å². The first kappa shape index (κ1) is 23.9. The number of esters is 1. The lowest BCUT2D eigenvalue weighted by molar-refractivity contribution is -0.0480. The van der Waals surface area contributed by atoms with Crippen LogP contribution in [-0.2, 0) is 18.0 Å². The van der Waals surface area contributed by atoms with Gasteiger partial charge in [-0.3, -0.25) is 0 Å². The summed E-state index contributed by atoms with van der Waals surface area (Å²) in [5.41, 5.74) is 0.558. The van der Waals surface area contributed by atoms with Gasteiger partial charge < -0.3 is 23.1 Å². The van der Waals surface area contributed by atoms with Crippen molar-refractivity contribution in [3.63, 3.8) is 0 Å². The Balaban J connectivity index is 1.54. The summed E-state index contributed by atoms with van der Waals surface area (Å²) in [6.07, 6.45) is 1.70. The highest BCUT2D eigenvalue weighted by Gasteiger charge is 2.40. The maximum atomic E-state index is 13.5. The van der Waals surface area contributed by atoms with Crippen LogP contribution < -0.4 is 0 Å². The molecular formula is C26H32O6Si. The molecule has 1 fully saturated rings. The van der Waals surface area contributed by atoms with Gasteiger partial charge in [-0.15, -0.1) is 0 Å². The first-order chi connectivity index (χ1) is 16.0. The molecule has 0 aromatic heterocycles. The van der Waals surface area contributed by atoms with Crippen LogP contribution in [0.4, 0.5) is 0 Å². The average molecular weight is 469 g/mol. The number of aliphatic hydroxyl groups is 1. The largest absolute Gasteiger partial charge is 0.500 e. The fraction of sp³-hybridized carbons (Fsp3) is 0.423. The van der Waals surface area contributed by atoms with Crippen LogP contribution in [0.15, 0.2) is 54.6 Å². The van der Waals surface area contributed by atoms with Gasteiger partial charge >= 0.3 is 14.8 Å². The Kier molecular flexibility index (Phi) is 7.46. The lowest BCUT2D eigenvalue weighted by Gasteiger charge is -2.34. The molecule has 176 valence electrons. The van der Waals surface area contributed by atoms with E-state index in [0.717, 1.165) is 34.4 Å². The molecule has 0 radical (unpaired) electrons. The molecule has 3 aromatic rings. The van der Waals surface area contributed by atoms with Crippen molar-refractivity contribution in [1.82, 2.24) is 0 Å². The minimum Gasteiger partial charge on any atom is -0.456 e. The third-order valence-corrected chi connectivity index (χ3v) is 9.66. The molecule has 0 heterocycles. The van der Waals surface area contributed by atoms with Gasteiger partial charge in [-0.05, 0) is 59.2 Å². The van der Waals surface area contributed by atoms with Crippen molar-refractivity contribution >= 4 is 36.3 Å². The van der Waals surface area contributed by atoms with Gasteiger partial charge in [0.05, 0.1) is 11.7 Å². The van der Waals surface area contributed by atoms with Gasteiger partial charge in [-0.25, -0.2) is 4.79 Å². The minimum atomic E-state index is -2.66. The van der Waals surface area contributed by atoms with Crippen LogP contribution in [0.5, 0.6) is 0 Å². The molecule has 3 aromatic carbocycles. The summed E-state index contributed by atoms with van der Waals surface area (Å²) in [4.78, 5) is 13.5. The number of carbonyl (C=O) groups is 1. The van der Waals surface area contributed by atoms with Crippen LogP contribution in [0.2, 0.25) is 6.04 Å². The second-order valence-corrected chi connectivity index (χ2v) is 11.8. The summed E-state index contributed by atoms with van der Waals surface area (Å²) >= 11 is 0. The van der Waals surface area contributed by atoms with Gasteiger partial charge in [0.2, 0.25) is 0 Å². The molecule has 4 rings (SSSR count). The second kappa shape index (κ2) is 10.3. The van der Waals surface area contributed by atoms with Gasteiger partial charge in [-0.1, -0.05) is 48.5 Å². The van der Waals surface area contributed by atoms with Crippen LogP contribution in [0.25, 0.3) is 21.5 Å². The summed E-state index contributed by atoms with van der Waals surface area (Å²) in [5, 5.41) is 14.3. The lowest BCUT2D eigenvalue weighted by atomic mass is 9.83. The van der Waals surface area contributed by atoms with Crippen LogP contribution in [0.3, 0.4) is 0 Å².